The normalized spacial score (nSPS) is 16.9. The summed E-state index contributed by atoms with van der Waals surface area (Å²) in [4.78, 5) is 34.5. The van der Waals surface area contributed by atoms with Crippen molar-refractivity contribution in [3.63, 3.8) is 0 Å². The third-order valence-electron chi connectivity index (χ3n) is 2.94. The van der Waals surface area contributed by atoms with E-state index in [1.807, 2.05) is 0 Å². The van der Waals surface area contributed by atoms with Crippen LogP contribution in [0.3, 0.4) is 0 Å². The van der Waals surface area contributed by atoms with Crippen LogP contribution < -0.4 is 10.1 Å². The van der Waals surface area contributed by atoms with E-state index < -0.39 is 18.0 Å². The van der Waals surface area contributed by atoms with Gasteiger partial charge in [-0.15, -0.1) is 0 Å². The maximum atomic E-state index is 11.8. The van der Waals surface area contributed by atoms with Gasteiger partial charge in [0.1, 0.15) is 11.3 Å². The fraction of sp³-hybridized carbons (Fsp3) is 0.357. The Labute approximate surface area is 131 Å². The molecule has 1 aromatic rings. The number of hydrogen-bond acceptors (Lipinski definition) is 6. The molecular formula is C14H14ClNO6. The summed E-state index contributed by atoms with van der Waals surface area (Å²) >= 11 is 6.02. The lowest BCUT2D eigenvalue weighted by Crippen LogP contribution is -2.23. The van der Waals surface area contributed by atoms with Gasteiger partial charge in [-0.1, -0.05) is 11.6 Å². The van der Waals surface area contributed by atoms with Crippen LogP contribution in [-0.4, -0.2) is 37.7 Å². The molecule has 1 heterocycles. The highest BCUT2D eigenvalue weighted by Crippen LogP contribution is 2.33. The first-order valence-electron chi connectivity index (χ1n) is 6.45. The van der Waals surface area contributed by atoms with Gasteiger partial charge in [-0.25, -0.2) is 9.59 Å². The van der Waals surface area contributed by atoms with Crippen molar-refractivity contribution in [3.05, 3.63) is 22.7 Å². The summed E-state index contributed by atoms with van der Waals surface area (Å²) in [6, 6.07) is 2.69. The summed E-state index contributed by atoms with van der Waals surface area (Å²) in [5.41, 5.74) is 0.324. The standard InChI is InChI=1S/C14H14ClNO6/c1-7(17)16-10-6-12(22-11-3-4-21-14(11)19)8(5-9(10)15)13(18)20-2/h5-6,11H,3-4H2,1-2H3,(H,16,17). The Morgan fingerprint density at radius 3 is 2.68 bits per heavy atom. The Hall–Kier alpha value is -2.28. The van der Waals surface area contributed by atoms with Crippen LogP contribution in [0.5, 0.6) is 5.75 Å². The molecule has 8 heteroatoms. The average Bonchev–Trinajstić information content (AvgIpc) is 2.86. The van der Waals surface area contributed by atoms with E-state index in [1.165, 1.54) is 26.2 Å². The van der Waals surface area contributed by atoms with Crippen molar-refractivity contribution in [2.75, 3.05) is 19.0 Å². The second-order valence-corrected chi connectivity index (χ2v) is 4.97. The molecule has 1 fully saturated rings. The summed E-state index contributed by atoms with van der Waals surface area (Å²) in [7, 11) is 1.21. The Balaban J connectivity index is 2.39. The van der Waals surface area contributed by atoms with Gasteiger partial charge in [-0.3, -0.25) is 4.79 Å². The van der Waals surface area contributed by atoms with Crippen molar-refractivity contribution in [2.45, 2.75) is 19.4 Å². The van der Waals surface area contributed by atoms with Gasteiger partial charge < -0.3 is 19.5 Å². The molecule has 1 amide bonds. The topological polar surface area (TPSA) is 90.9 Å². The number of rotatable bonds is 4. The number of ether oxygens (including phenoxy) is 3. The third-order valence-corrected chi connectivity index (χ3v) is 3.25. The molecule has 1 aliphatic heterocycles. The Bertz CT molecular complexity index is 630. The number of anilines is 1. The number of benzene rings is 1. The summed E-state index contributed by atoms with van der Waals surface area (Å²) in [6.07, 6.45) is -0.438. The molecule has 118 valence electrons. The number of amides is 1. The fourth-order valence-corrected chi connectivity index (χ4v) is 2.15. The van der Waals surface area contributed by atoms with Gasteiger partial charge in [0.2, 0.25) is 5.91 Å². The summed E-state index contributed by atoms with van der Waals surface area (Å²) in [5, 5.41) is 2.66. The third kappa shape index (κ3) is 3.48. The van der Waals surface area contributed by atoms with Crippen LogP contribution in [0.4, 0.5) is 5.69 Å². The molecule has 0 spiro atoms. The Morgan fingerprint density at radius 2 is 2.14 bits per heavy atom. The number of cyclic esters (lactones) is 1. The van der Waals surface area contributed by atoms with E-state index in [4.69, 9.17) is 21.1 Å². The van der Waals surface area contributed by atoms with Crippen molar-refractivity contribution >= 4 is 35.1 Å². The number of carbonyl (C=O) groups is 3. The fourth-order valence-electron chi connectivity index (χ4n) is 1.94. The zero-order chi connectivity index (χ0) is 16.3. The van der Waals surface area contributed by atoms with E-state index >= 15 is 0 Å². The number of hydrogen-bond donors (Lipinski definition) is 1. The van der Waals surface area contributed by atoms with E-state index in [9.17, 15) is 14.4 Å². The first kappa shape index (κ1) is 16.1. The van der Waals surface area contributed by atoms with Crippen LogP contribution in [0.25, 0.3) is 0 Å². The van der Waals surface area contributed by atoms with Gasteiger partial charge in [0.15, 0.2) is 6.10 Å². The molecule has 0 aliphatic carbocycles. The van der Waals surface area contributed by atoms with Crippen molar-refractivity contribution in [3.8, 4) is 5.75 Å². The van der Waals surface area contributed by atoms with Gasteiger partial charge in [0.05, 0.1) is 24.4 Å². The predicted octanol–water partition coefficient (Wildman–Crippen LogP) is 1.78. The summed E-state index contributed by atoms with van der Waals surface area (Å²) in [6.45, 7) is 1.57. The molecule has 22 heavy (non-hydrogen) atoms. The van der Waals surface area contributed by atoms with Crippen LogP contribution in [0, 0.1) is 0 Å². The zero-order valence-electron chi connectivity index (χ0n) is 12.0. The second-order valence-electron chi connectivity index (χ2n) is 4.56. The summed E-state index contributed by atoms with van der Waals surface area (Å²) in [5.74, 6) is -1.42. The monoisotopic (exact) mass is 327 g/mol. The molecule has 1 aliphatic rings. The highest BCUT2D eigenvalue weighted by molar-refractivity contribution is 6.34. The molecule has 0 saturated carbocycles. The second kappa shape index (κ2) is 6.65. The minimum atomic E-state index is -0.810. The quantitative estimate of drug-likeness (QED) is 0.848. The molecule has 2 rings (SSSR count). The summed E-state index contributed by atoms with van der Waals surface area (Å²) < 4.78 is 15.0. The van der Waals surface area contributed by atoms with Crippen molar-refractivity contribution in [1.29, 1.82) is 0 Å². The smallest absolute Gasteiger partial charge is 0.347 e. The average molecular weight is 328 g/mol. The van der Waals surface area contributed by atoms with E-state index in [2.05, 4.69) is 10.1 Å². The maximum absolute atomic E-state index is 11.8. The van der Waals surface area contributed by atoms with Crippen LogP contribution in [0.2, 0.25) is 5.02 Å². The van der Waals surface area contributed by atoms with Crippen molar-refractivity contribution in [1.82, 2.24) is 0 Å². The van der Waals surface area contributed by atoms with Crippen LogP contribution >= 0.6 is 11.6 Å². The van der Waals surface area contributed by atoms with E-state index in [0.29, 0.717) is 6.42 Å². The zero-order valence-corrected chi connectivity index (χ0v) is 12.7. The van der Waals surface area contributed by atoms with Crippen LogP contribution in [-0.2, 0) is 19.1 Å². The molecule has 1 N–H and O–H groups in total. The van der Waals surface area contributed by atoms with E-state index in [-0.39, 0.29) is 34.5 Å². The first-order valence-corrected chi connectivity index (χ1v) is 6.83. The molecule has 1 unspecified atom stereocenters. The van der Waals surface area contributed by atoms with Gasteiger partial charge in [0.25, 0.3) is 0 Å². The maximum Gasteiger partial charge on any atom is 0.347 e. The predicted molar refractivity (Wildman–Crippen MR) is 77.1 cm³/mol. The highest BCUT2D eigenvalue weighted by Gasteiger charge is 2.30. The lowest BCUT2D eigenvalue weighted by atomic mass is 10.1. The van der Waals surface area contributed by atoms with Gasteiger partial charge in [0, 0.05) is 19.4 Å². The van der Waals surface area contributed by atoms with Crippen LogP contribution in [0.1, 0.15) is 23.7 Å². The molecule has 7 nitrogen and oxygen atoms in total. The number of carbonyl (C=O) groups excluding carboxylic acids is 3. The van der Waals surface area contributed by atoms with Gasteiger partial charge in [-0.2, -0.15) is 0 Å². The Morgan fingerprint density at radius 1 is 1.41 bits per heavy atom. The van der Waals surface area contributed by atoms with Crippen LogP contribution in [0.15, 0.2) is 12.1 Å². The molecule has 1 saturated heterocycles. The lowest BCUT2D eigenvalue weighted by molar-refractivity contribution is -0.143. The number of esters is 2. The SMILES string of the molecule is COC(=O)c1cc(Cl)c(NC(C)=O)cc1OC1CCOC1=O. The molecule has 0 aromatic heterocycles. The largest absolute Gasteiger partial charge is 0.478 e. The molecule has 1 atom stereocenters. The van der Waals surface area contributed by atoms with Gasteiger partial charge >= 0.3 is 11.9 Å². The van der Waals surface area contributed by atoms with Gasteiger partial charge in [-0.05, 0) is 6.07 Å². The van der Waals surface area contributed by atoms with E-state index in [1.54, 1.807) is 0 Å². The number of nitrogens with one attached hydrogen (secondary N) is 1. The molecule has 0 radical (unpaired) electrons. The lowest BCUT2D eigenvalue weighted by Gasteiger charge is -2.16. The molecular weight excluding hydrogens is 314 g/mol. The molecule has 0 bridgehead atoms. The Kier molecular flexibility index (Phi) is 4.87. The van der Waals surface area contributed by atoms with E-state index in [0.717, 1.165) is 0 Å². The van der Waals surface area contributed by atoms with Crippen molar-refractivity contribution in [2.24, 2.45) is 0 Å². The minimum absolute atomic E-state index is 0.0568. The number of halogens is 1. The molecule has 1 aromatic carbocycles. The highest BCUT2D eigenvalue weighted by atomic mass is 35.5. The minimum Gasteiger partial charge on any atom is -0.478 e. The number of methoxy groups -OCH3 is 1. The first-order chi connectivity index (χ1) is 10.4. The van der Waals surface area contributed by atoms with Crippen molar-refractivity contribution < 1.29 is 28.6 Å².